The first-order valence-corrected chi connectivity index (χ1v) is 10.9. The summed E-state index contributed by atoms with van der Waals surface area (Å²) in [5.41, 5.74) is 4.66. The summed E-state index contributed by atoms with van der Waals surface area (Å²) in [5.74, 6) is 0.186. The van der Waals surface area contributed by atoms with Gasteiger partial charge in [0.1, 0.15) is 12.0 Å². The van der Waals surface area contributed by atoms with Gasteiger partial charge in [-0.2, -0.15) is 0 Å². The van der Waals surface area contributed by atoms with Gasteiger partial charge in [0.25, 0.3) is 5.91 Å². The van der Waals surface area contributed by atoms with Crippen molar-refractivity contribution in [2.75, 3.05) is 23.8 Å². The molecule has 1 unspecified atom stereocenters. The molecule has 0 spiro atoms. The topological polar surface area (TPSA) is 99.2 Å². The van der Waals surface area contributed by atoms with Gasteiger partial charge in [-0.25, -0.2) is 14.4 Å². The van der Waals surface area contributed by atoms with Gasteiger partial charge in [0, 0.05) is 24.0 Å². The SMILES string of the molecule is O=C(NCC(F)CO)c1cnc(Nc2ccc3ncsc3c2)cc1NC1CCCC1. The highest BCUT2D eigenvalue weighted by Crippen LogP contribution is 2.28. The molecule has 4 N–H and O–H groups in total. The van der Waals surface area contributed by atoms with Crippen LogP contribution < -0.4 is 16.0 Å². The number of amides is 1. The average molecular weight is 430 g/mol. The first-order valence-electron chi connectivity index (χ1n) is 10.0. The van der Waals surface area contributed by atoms with Gasteiger partial charge < -0.3 is 21.1 Å². The van der Waals surface area contributed by atoms with Crippen LogP contribution in [0, 0.1) is 0 Å². The summed E-state index contributed by atoms with van der Waals surface area (Å²) in [4.78, 5) is 21.2. The van der Waals surface area contributed by atoms with E-state index in [1.165, 1.54) is 6.20 Å². The second kappa shape index (κ2) is 9.36. The number of nitrogens with one attached hydrogen (secondary N) is 3. The second-order valence-electron chi connectivity index (χ2n) is 7.39. The summed E-state index contributed by atoms with van der Waals surface area (Å²) in [5, 5.41) is 18.1. The summed E-state index contributed by atoms with van der Waals surface area (Å²) >= 11 is 1.57. The number of aromatic nitrogens is 2. The Bertz CT molecular complexity index is 1020. The van der Waals surface area contributed by atoms with Crippen molar-refractivity contribution in [3.63, 3.8) is 0 Å². The van der Waals surface area contributed by atoms with E-state index in [1.54, 1.807) is 11.3 Å². The lowest BCUT2D eigenvalue weighted by Crippen LogP contribution is -2.32. The molecule has 1 aliphatic carbocycles. The number of halogens is 1. The van der Waals surface area contributed by atoms with E-state index in [-0.39, 0.29) is 6.54 Å². The zero-order valence-electron chi connectivity index (χ0n) is 16.4. The number of pyridine rings is 1. The number of nitrogens with zero attached hydrogens (tertiary/aromatic N) is 2. The third-order valence-electron chi connectivity index (χ3n) is 5.15. The Kier molecular flexibility index (Phi) is 6.39. The zero-order chi connectivity index (χ0) is 20.9. The number of benzene rings is 1. The van der Waals surface area contributed by atoms with Crippen LogP contribution >= 0.6 is 11.3 Å². The Morgan fingerprint density at radius 2 is 2.10 bits per heavy atom. The maximum absolute atomic E-state index is 13.3. The van der Waals surface area contributed by atoms with Gasteiger partial charge >= 0.3 is 0 Å². The minimum absolute atomic E-state index is 0.243. The van der Waals surface area contributed by atoms with Gasteiger partial charge in [-0.05, 0) is 31.0 Å². The second-order valence-corrected chi connectivity index (χ2v) is 8.28. The average Bonchev–Trinajstić information content (AvgIpc) is 3.43. The van der Waals surface area contributed by atoms with Crippen LogP contribution in [0.5, 0.6) is 0 Å². The molecule has 1 saturated carbocycles. The highest BCUT2D eigenvalue weighted by molar-refractivity contribution is 7.16. The van der Waals surface area contributed by atoms with Crippen molar-refractivity contribution in [2.45, 2.75) is 37.9 Å². The van der Waals surface area contributed by atoms with Crippen LogP contribution in [0.25, 0.3) is 10.2 Å². The van der Waals surface area contributed by atoms with Crippen LogP contribution in [0.1, 0.15) is 36.0 Å². The highest BCUT2D eigenvalue weighted by atomic mass is 32.1. The number of thiazole rings is 1. The smallest absolute Gasteiger partial charge is 0.255 e. The zero-order valence-corrected chi connectivity index (χ0v) is 17.2. The number of rotatable bonds is 8. The standard InChI is InChI=1S/C21H24FN5O2S/c22-13(11-28)9-24-21(29)16-10-23-20(8-18(16)26-14-3-1-2-4-14)27-15-5-6-17-19(7-15)30-12-25-17/h5-8,10,12-14,28H,1-4,9,11H2,(H,24,29)(H2,23,26,27). The molecular weight excluding hydrogens is 405 g/mol. The van der Waals surface area contributed by atoms with Crippen molar-refractivity contribution in [1.82, 2.24) is 15.3 Å². The van der Waals surface area contributed by atoms with Crippen LogP contribution in [-0.4, -0.2) is 46.3 Å². The predicted molar refractivity (Wildman–Crippen MR) is 117 cm³/mol. The molecule has 1 aliphatic rings. The number of hydrogen-bond acceptors (Lipinski definition) is 7. The van der Waals surface area contributed by atoms with Crippen LogP contribution in [0.15, 0.2) is 36.0 Å². The van der Waals surface area contributed by atoms with E-state index in [0.29, 0.717) is 23.1 Å². The van der Waals surface area contributed by atoms with E-state index in [2.05, 4.69) is 25.9 Å². The quantitative estimate of drug-likeness (QED) is 0.434. The molecule has 0 saturated heterocycles. The summed E-state index contributed by atoms with van der Waals surface area (Å²) in [6.07, 6.45) is 4.41. The lowest BCUT2D eigenvalue weighted by atomic mass is 10.1. The number of hydrogen-bond donors (Lipinski definition) is 4. The number of carbonyl (C=O) groups is 1. The van der Waals surface area contributed by atoms with Gasteiger partial charge in [-0.15, -0.1) is 11.3 Å². The molecule has 7 nitrogen and oxygen atoms in total. The normalized spacial score (nSPS) is 15.3. The van der Waals surface area contributed by atoms with Crippen molar-refractivity contribution in [2.24, 2.45) is 0 Å². The van der Waals surface area contributed by atoms with Gasteiger partial charge in [-0.3, -0.25) is 4.79 Å². The lowest BCUT2D eigenvalue weighted by Gasteiger charge is -2.18. The van der Waals surface area contributed by atoms with Crippen molar-refractivity contribution in [3.8, 4) is 0 Å². The number of fused-ring (bicyclic) bond motifs is 1. The number of aliphatic hydroxyl groups excluding tert-OH is 1. The molecule has 1 atom stereocenters. The van der Waals surface area contributed by atoms with E-state index in [0.717, 1.165) is 41.6 Å². The van der Waals surface area contributed by atoms with E-state index < -0.39 is 18.7 Å². The fraction of sp³-hybridized carbons (Fsp3) is 0.381. The molecule has 3 aromatic rings. The van der Waals surface area contributed by atoms with Crippen molar-refractivity contribution in [3.05, 3.63) is 41.5 Å². The Labute approximate surface area is 177 Å². The molecule has 0 aliphatic heterocycles. The van der Waals surface area contributed by atoms with Gasteiger partial charge in [-0.1, -0.05) is 12.8 Å². The predicted octanol–water partition coefficient (Wildman–Crippen LogP) is 3.85. The molecule has 2 aromatic heterocycles. The van der Waals surface area contributed by atoms with Crippen LogP contribution in [0.2, 0.25) is 0 Å². The molecular formula is C21H24FN5O2S. The van der Waals surface area contributed by atoms with E-state index in [1.807, 2.05) is 29.8 Å². The highest BCUT2D eigenvalue weighted by Gasteiger charge is 2.20. The molecule has 1 fully saturated rings. The molecule has 1 aromatic carbocycles. The number of anilines is 3. The summed E-state index contributed by atoms with van der Waals surface area (Å²) in [6, 6.07) is 8.00. The van der Waals surface area contributed by atoms with E-state index >= 15 is 0 Å². The molecule has 1 amide bonds. The van der Waals surface area contributed by atoms with E-state index in [4.69, 9.17) is 5.11 Å². The molecule has 30 heavy (non-hydrogen) atoms. The Balaban J connectivity index is 1.56. The van der Waals surface area contributed by atoms with Gasteiger partial charge in [0.2, 0.25) is 0 Å². The Hall–Kier alpha value is -2.78. The van der Waals surface area contributed by atoms with E-state index in [9.17, 15) is 9.18 Å². The van der Waals surface area contributed by atoms with Crippen LogP contribution in [-0.2, 0) is 0 Å². The summed E-state index contributed by atoms with van der Waals surface area (Å²) in [7, 11) is 0. The lowest BCUT2D eigenvalue weighted by molar-refractivity contribution is 0.0928. The van der Waals surface area contributed by atoms with Crippen LogP contribution in [0.3, 0.4) is 0 Å². The Morgan fingerprint density at radius 3 is 2.90 bits per heavy atom. The fourth-order valence-corrected chi connectivity index (χ4v) is 4.27. The fourth-order valence-electron chi connectivity index (χ4n) is 3.56. The minimum Gasteiger partial charge on any atom is -0.393 e. The molecule has 158 valence electrons. The van der Waals surface area contributed by atoms with Gasteiger partial charge in [0.05, 0.1) is 40.1 Å². The molecule has 2 heterocycles. The third-order valence-corrected chi connectivity index (χ3v) is 5.94. The maximum atomic E-state index is 13.3. The molecule has 0 radical (unpaired) electrons. The van der Waals surface area contributed by atoms with Gasteiger partial charge in [0.15, 0.2) is 0 Å². The number of carbonyl (C=O) groups excluding carboxylic acids is 1. The monoisotopic (exact) mass is 429 g/mol. The van der Waals surface area contributed by atoms with Crippen molar-refractivity contribution >= 4 is 44.7 Å². The minimum atomic E-state index is -1.49. The first-order chi connectivity index (χ1) is 14.6. The third kappa shape index (κ3) is 4.85. The Morgan fingerprint density at radius 1 is 1.27 bits per heavy atom. The number of alkyl halides is 1. The molecule has 4 rings (SSSR count). The van der Waals surface area contributed by atoms with Crippen molar-refractivity contribution in [1.29, 1.82) is 0 Å². The maximum Gasteiger partial charge on any atom is 0.255 e. The summed E-state index contributed by atoms with van der Waals surface area (Å²) in [6.45, 7) is -0.869. The molecule has 9 heteroatoms. The number of aliphatic hydroxyl groups is 1. The molecule has 0 bridgehead atoms. The van der Waals surface area contributed by atoms with Crippen LogP contribution in [0.4, 0.5) is 21.6 Å². The summed E-state index contributed by atoms with van der Waals surface area (Å²) < 4.78 is 14.4. The first kappa shape index (κ1) is 20.5. The van der Waals surface area contributed by atoms with Crippen molar-refractivity contribution < 1.29 is 14.3 Å². The largest absolute Gasteiger partial charge is 0.393 e.